The van der Waals surface area contributed by atoms with E-state index in [9.17, 15) is 8.42 Å². The van der Waals surface area contributed by atoms with Crippen LogP contribution in [0.1, 0.15) is 12.6 Å². The van der Waals surface area contributed by atoms with Gasteiger partial charge in [-0.05, 0) is 38.1 Å². The number of anilines is 1. The number of hydrogen-bond donors (Lipinski definition) is 1. The average molecular weight is 449 g/mol. The first kappa shape index (κ1) is 17.9. The summed E-state index contributed by atoms with van der Waals surface area (Å²) in [5, 5.41) is 4.98. The average Bonchev–Trinajstić information content (AvgIpc) is 3.10. The smallest absolute Gasteiger partial charge is 0.265 e. The van der Waals surface area contributed by atoms with E-state index < -0.39 is 10.0 Å². The lowest BCUT2D eigenvalue weighted by Gasteiger charge is -2.09. The second kappa shape index (κ2) is 6.31. The summed E-state index contributed by atoms with van der Waals surface area (Å²) in [6.07, 6.45) is 1.33. The van der Waals surface area contributed by atoms with Crippen molar-refractivity contribution in [2.24, 2.45) is 7.05 Å². The molecule has 0 unspecified atom stereocenters. The van der Waals surface area contributed by atoms with Crippen molar-refractivity contribution >= 4 is 54.0 Å². The van der Waals surface area contributed by atoms with Crippen LogP contribution >= 0.6 is 15.9 Å². The van der Waals surface area contributed by atoms with Gasteiger partial charge in [-0.2, -0.15) is 5.10 Å². The number of imidazole rings is 1. The van der Waals surface area contributed by atoms with E-state index >= 15 is 0 Å². The van der Waals surface area contributed by atoms with Crippen LogP contribution in [0.2, 0.25) is 0 Å². The van der Waals surface area contributed by atoms with Crippen molar-refractivity contribution in [3.05, 3.63) is 40.6 Å². The number of halogens is 1. The predicted octanol–water partition coefficient (Wildman–Crippen LogP) is 3.21. The Morgan fingerprint density at radius 3 is 2.78 bits per heavy atom. The maximum absolute atomic E-state index is 12.9. The Hall–Kier alpha value is -2.46. The third-order valence-electron chi connectivity index (χ3n) is 4.40. The fourth-order valence-corrected chi connectivity index (χ4v) is 4.44. The molecule has 0 fully saturated rings. The van der Waals surface area contributed by atoms with Crippen LogP contribution in [0.5, 0.6) is 0 Å². The minimum atomic E-state index is -3.85. The highest BCUT2D eigenvalue weighted by Gasteiger charge is 2.21. The van der Waals surface area contributed by atoms with Crippen LogP contribution in [0.3, 0.4) is 0 Å². The molecule has 1 N–H and O–H groups in total. The quantitative estimate of drug-likeness (QED) is 0.517. The molecule has 0 saturated carbocycles. The minimum Gasteiger partial charge on any atom is -0.310 e. The highest BCUT2D eigenvalue weighted by atomic mass is 79.9. The van der Waals surface area contributed by atoms with Crippen molar-refractivity contribution in [2.45, 2.75) is 25.3 Å². The van der Waals surface area contributed by atoms with Crippen LogP contribution in [-0.4, -0.2) is 32.7 Å². The number of aryl methyl sites for hydroxylation is 3. The SMILES string of the molecule is CCn1c(NS(=O)(=O)c2cnc3c(c2)c(C)nn3C)nc2cc(Br)ccc21. The highest BCUT2D eigenvalue weighted by Crippen LogP contribution is 2.26. The standard InChI is InChI=1S/C17H17BrN6O2S/c1-4-24-15-6-5-11(18)7-14(15)20-17(24)22-27(25,26)12-8-13-10(2)21-23(3)16(13)19-9-12/h5-9H,4H2,1-3H3,(H,20,22). The molecule has 0 aliphatic heterocycles. The van der Waals surface area contributed by atoms with Crippen LogP contribution < -0.4 is 4.72 Å². The van der Waals surface area contributed by atoms with Gasteiger partial charge < -0.3 is 4.57 Å². The fourth-order valence-electron chi connectivity index (χ4n) is 3.12. The molecule has 3 aromatic heterocycles. The van der Waals surface area contributed by atoms with Gasteiger partial charge in [0, 0.05) is 29.6 Å². The normalized spacial score (nSPS) is 12.1. The van der Waals surface area contributed by atoms with Crippen molar-refractivity contribution in [2.75, 3.05) is 4.72 Å². The molecule has 1 aromatic carbocycles. The van der Waals surface area contributed by atoms with E-state index in [0.29, 0.717) is 23.1 Å². The zero-order valence-electron chi connectivity index (χ0n) is 14.9. The molecule has 10 heteroatoms. The minimum absolute atomic E-state index is 0.0713. The Bertz CT molecular complexity index is 1290. The molecule has 4 rings (SSSR count). The summed E-state index contributed by atoms with van der Waals surface area (Å²) in [4.78, 5) is 8.77. The first-order chi connectivity index (χ1) is 12.8. The molecule has 0 aliphatic carbocycles. The molecule has 4 aromatic rings. The van der Waals surface area contributed by atoms with Gasteiger partial charge in [0.1, 0.15) is 4.90 Å². The van der Waals surface area contributed by atoms with Crippen LogP contribution in [0, 0.1) is 6.92 Å². The highest BCUT2D eigenvalue weighted by molar-refractivity contribution is 9.10. The number of hydrogen-bond acceptors (Lipinski definition) is 5. The maximum atomic E-state index is 12.9. The van der Waals surface area contributed by atoms with E-state index in [1.807, 2.05) is 36.6 Å². The Kier molecular flexibility index (Phi) is 4.19. The summed E-state index contributed by atoms with van der Waals surface area (Å²) in [7, 11) is -2.07. The second-order valence-electron chi connectivity index (χ2n) is 6.17. The fraction of sp³-hybridized carbons (Fsp3) is 0.235. The number of aromatic nitrogens is 5. The van der Waals surface area contributed by atoms with Gasteiger partial charge in [-0.15, -0.1) is 0 Å². The molecule has 0 radical (unpaired) electrons. The molecule has 0 bridgehead atoms. The van der Waals surface area contributed by atoms with Crippen molar-refractivity contribution in [1.82, 2.24) is 24.3 Å². The number of nitrogens with zero attached hydrogens (tertiary/aromatic N) is 5. The number of benzene rings is 1. The van der Waals surface area contributed by atoms with Gasteiger partial charge in [-0.3, -0.25) is 4.68 Å². The third kappa shape index (κ3) is 2.98. The van der Waals surface area contributed by atoms with Gasteiger partial charge in [-0.25, -0.2) is 23.1 Å². The monoisotopic (exact) mass is 448 g/mol. The number of rotatable bonds is 4. The molecular formula is C17H17BrN6O2S. The summed E-state index contributed by atoms with van der Waals surface area (Å²) in [5.41, 5.74) is 2.93. The lowest BCUT2D eigenvalue weighted by molar-refractivity contribution is 0.600. The lowest BCUT2D eigenvalue weighted by Crippen LogP contribution is -2.16. The predicted molar refractivity (Wildman–Crippen MR) is 107 cm³/mol. The van der Waals surface area contributed by atoms with Crippen molar-refractivity contribution < 1.29 is 8.42 Å². The van der Waals surface area contributed by atoms with Crippen LogP contribution in [0.4, 0.5) is 5.95 Å². The van der Waals surface area contributed by atoms with Crippen molar-refractivity contribution in [1.29, 1.82) is 0 Å². The van der Waals surface area contributed by atoms with E-state index in [2.05, 4.69) is 35.7 Å². The number of nitrogens with one attached hydrogen (secondary N) is 1. The molecule has 140 valence electrons. The number of pyridine rings is 1. The van der Waals surface area contributed by atoms with Gasteiger partial charge in [0.2, 0.25) is 5.95 Å². The molecule has 0 amide bonds. The van der Waals surface area contributed by atoms with E-state index in [1.165, 1.54) is 6.20 Å². The first-order valence-corrected chi connectivity index (χ1v) is 10.6. The Morgan fingerprint density at radius 2 is 2.04 bits per heavy atom. The number of sulfonamides is 1. The Labute approximate surface area is 164 Å². The second-order valence-corrected chi connectivity index (χ2v) is 8.77. The van der Waals surface area contributed by atoms with Gasteiger partial charge in [-0.1, -0.05) is 15.9 Å². The summed E-state index contributed by atoms with van der Waals surface area (Å²) in [6, 6.07) is 7.24. The van der Waals surface area contributed by atoms with Crippen LogP contribution in [0.15, 0.2) is 39.8 Å². The summed E-state index contributed by atoms with van der Waals surface area (Å²) in [6.45, 7) is 4.34. The van der Waals surface area contributed by atoms with Crippen LogP contribution in [-0.2, 0) is 23.6 Å². The zero-order chi connectivity index (χ0) is 19.3. The largest absolute Gasteiger partial charge is 0.310 e. The van der Waals surface area contributed by atoms with Gasteiger partial charge in [0.15, 0.2) is 5.65 Å². The molecule has 0 atom stereocenters. The maximum Gasteiger partial charge on any atom is 0.265 e. The third-order valence-corrected chi connectivity index (χ3v) is 6.19. The Balaban J connectivity index is 1.79. The summed E-state index contributed by atoms with van der Waals surface area (Å²) < 4.78 is 32.8. The van der Waals surface area contributed by atoms with E-state index in [1.54, 1.807) is 17.8 Å². The van der Waals surface area contributed by atoms with E-state index in [4.69, 9.17) is 0 Å². The van der Waals surface area contributed by atoms with Gasteiger partial charge in [0.05, 0.1) is 16.7 Å². The van der Waals surface area contributed by atoms with Gasteiger partial charge >= 0.3 is 0 Å². The first-order valence-electron chi connectivity index (χ1n) is 8.28. The number of fused-ring (bicyclic) bond motifs is 2. The summed E-state index contributed by atoms with van der Waals surface area (Å²) >= 11 is 3.41. The van der Waals surface area contributed by atoms with Crippen molar-refractivity contribution in [3.8, 4) is 0 Å². The molecule has 0 saturated heterocycles. The Morgan fingerprint density at radius 1 is 1.26 bits per heavy atom. The molecule has 27 heavy (non-hydrogen) atoms. The summed E-state index contributed by atoms with van der Waals surface area (Å²) in [5.74, 6) is 0.272. The lowest BCUT2D eigenvalue weighted by atomic mass is 10.3. The van der Waals surface area contributed by atoms with E-state index in [0.717, 1.165) is 15.7 Å². The van der Waals surface area contributed by atoms with E-state index in [-0.39, 0.29) is 10.8 Å². The molecule has 8 nitrogen and oxygen atoms in total. The zero-order valence-corrected chi connectivity index (χ0v) is 17.3. The topological polar surface area (TPSA) is 94.7 Å². The molecule has 3 heterocycles. The van der Waals surface area contributed by atoms with Crippen molar-refractivity contribution in [3.63, 3.8) is 0 Å². The van der Waals surface area contributed by atoms with Crippen LogP contribution in [0.25, 0.3) is 22.1 Å². The molecular weight excluding hydrogens is 432 g/mol. The molecule has 0 aliphatic rings. The van der Waals surface area contributed by atoms with Gasteiger partial charge in [0.25, 0.3) is 10.0 Å². The molecule has 0 spiro atoms.